The highest BCUT2D eigenvalue weighted by Gasteiger charge is 2.22. The van der Waals surface area contributed by atoms with Crippen LogP contribution < -0.4 is 5.73 Å². The van der Waals surface area contributed by atoms with E-state index in [-0.39, 0.29) is 11.3 Å². The van der Waals surface area contributed by atoms with Crippen molar-refractivity contribution in [2.45, 2.75) is 40.0 Å². The molecule has 102 valence electrons. The maximum atomic E-state index is 8.60. The highest BCUT2D eigenvalue weighted by molar-refractivity contribution is 5.85. The van der Waals surface area contributed by atoms with Crippen molar-refractivity contribution in [3.8, 4) is 0 Å². The lowest BCUT2D eigenvalue weighted by molar-refractivity contribution is 0.0405. The summed E-state index contributed by atoms with van der Waals surface area (Å²) in [6, 6.07) is 0. The summed E-state index contributed by atoms with van der Waals surface area (Å²) in [5.74, 6) is 0.236. The minimum Gasteiger partial charge on any atom is -0.409 e. The van der Waals surface area contributed by atoms with Gasteiger partial charge < -0.3 is 20.4 Å². The fourth-order valence-electron chi connectivity index (χ4n) is 1.16. The van der Waals surface area contributed by atoms with Crippen LogP contribution >= 0.6 is 0 Å². The van der Waals surface area contributed by atoms with Crippen LogP contribution in [0.3, 0.4) is 0 Å². The van der Waals surface area contributed by atoms with E-state index < -0.39 is 0 Å². The summed E-state index contributed by atoms with van der Waals surface area (Å²) in [6.45, 7) is 8.58. The summed E-state index contributed by atoms with van der Waals surface area (Å²) in [7, 11) is 0. The highest BCUT2D eigenvalue weighted by Crippen LogP contribution is 2.19. The third kappa shape index (κ3) is 7.99. The quantitative estimate of drug-likeness (QED) is 0.203. The van der Waals surface area contributed by atoms with Gasteiger partial charge in [0.15, 0.2) is 0 Å². The Labute approximate surface area is 104 Å². The molecule has 0 aromatic rings. The molecule has 0 rings (SSSR count). The smallest absolute Gasteiger partial charge is 0.144 e. The normalized spacial score (nSPS) is 13.0. The van der Waals surface area contributed by atoms with E-state index in [4.69, 9.17) is 20.4 Å². The molecule has 0 atom stereocenters. The third-order valence-electron chi connectivity index (χ3n) is 2.69. The minimum atomic E-state index is -0.335. The number of nitrogens with zero attached hydrogens (tertiary/aromatic N) is 1. The van der Waals surface area contributed by atoms with Gasteiger partial charge in [-0.1, -0.05) is 32.3 Å². The second-order valence-electron chi connectivity index (χ2n) is 4.70. The third-order valence-corrected chi connectivity index (χ3v) is 2.69. The Morgan fingerprint density at radius 1 is 1.18 bits per heavy atom. The van der Waals surface area contributed by atoms with Gasteiger partial charge in [-0.3, -0.25) is 0 Å². The number of unbranched alkanes of at least 4 members (excludes halogenated alkanes) is 1. The number of hydrogen-bond acceptors (Lipinski definition) is 4. The summed E-state index contributed by atoms with van der Waals surface area (Å²) < 4.78 is 10.8. The second-order valence-corrected chi connectivity index (χ2v) is 4.70. The summed E-state index contributed by atoms with van der Waals surface area (Å²) in [4.78, 5) is 0. The Balaban J connectivity index is 3.45. The molecule has 0 aliphatic carbocycles. The van der Waals surface area contributed by atoms with Crippen molar-refractivity contribution in [2.24, 2.45) is 16.3 Å². The molecule has 0 aromatic heterocycles. The van der Waals surface area contributed by atoms with Crippen molar-refractivity contribution in [3.63, 3.8) is 0 Å². The summed E-state index contributed by atoms with van der Waals surface area (Å²) in [5.41, 5.74) is 5.23. The van der Waals surface area contributed by atoms with E-state index in [2.05, 4.69) is 12.1 Å². The van der Waals surface area contributed by atoms with Gasteiger partial charge >= 0.3 is 0 Å². The molecule has 0 fully saturated rings. The Hall–Kier alpha value is -0.810. The molecular formula is C12H26N2O3. The standard InChI is InChI=1S/C12H26N2O3/c1-4-5-7-16-9-10-17-8-6-12(2,3)11(13)14-15/h15H,4-10H2,1-3H3,(H2,13,14). The van der Waals surface area contributed by atoms with E-state index in [0.29, 0.717) is 19.8 Å². The number of rotatable bonds is 10. The molecule has 5 nitrogen and oxygen atoms in total. The van der Waals surface area contributed by atoms with Gasteiger partial charge in [0.1, 0.15) is 5.84 Å². The number of ether oxygens (including phenoxy) is 2. The van der Waals surface area contributed by atoms with E-state index in [1.807, 2.05) is 13.8 Å². The van der Waals surface area contributed by atoms with Crippen molar-refractivity contribution < 1.29 is 14.7 Å². The van der Waals surface area contributed by atoms with E-state index in [9.17, 15) is 0 Å². The van der Waals surface area contributed by atoms with Gasteiger partial charge in [0.05, 0.1) is 13.2 Å². The Bertz CT molecular complexity index is 218. The van der Waals surface area contributed by atoms with Crippen LogP contribution in [0.4, 0.5) is 0 Å². The summed E-state index contributed by atoms with van der Waals surface area (Å²) >= 11 is 0. The Kier molecular flexibility index (Phi) is 8.80. The minimum absolute atomic E-state index is 0.236. The van der Waals surface area contributed by atoms with Crippen LogP contribution in [0.5, 0.6) is 0 Å². The predicted octanol–water partition coefficient (Wildman–Crippen LogP) is 1.98. The fourth-order valence-corrected chi connectivity index (χ4v) is 1.16. The first-order valence-electron chi connectivity index (χ1n) is 6.18. The zero-order valence-electron chi connectivity index (χ0n) is 11.2. The van der Waals surface area contributed by atoms with E-state index >= 15 is 0 Å². The molecule has 3 N–H and O–H groups in total. The van der Waals surface area contributed by atoms with Crippen molar-refractivity contribution in [1.82, 2.24) is 0 Å². The summed E-state index contributed by atoms with van der Waals surface area (Å²) in [6.07, 6.45) is 2.96. The van der Waals surface area contributed by atoms with Crippen LogP contribution in [-0.4, -0.2) is 37.5 Å². The van der Waals surface area contributed by atoms with Crippen LogP contribution in [0, 0.1) is 5.41 Å². The van der Waals surface area contributed by atoms with Crippen LogP contribution in [0.2, 0.25) is 0 Å². The van der Waals surface area contributed by atoms with Crippen molar-refractivity contribution in [2.75, 3.05) is 26.4 Å². The SMILES string of the molecule is CCCCOCCOCCC(C)(C)C(N)=NO. The second kappa shape index (κ2) is 9.24. The van der Waals surface area contributed by atoms with Gasteiger partial charge in [-0.15, -0.1) is 0 Å². The van der Waals surface area contributed by atoms with E-state index in [1.54, 1.807) is 0 Å². The van der Waals surface area contributed by atoms with Gasteiger partial charge in [0, 0.05) is 18.6 Å². The number of oxime groups is 1. The van der Waals surface area contributed by atoms with Crippen molar-refractivity contribution in [3.05, 3.63) is 0 Å². The fraction of sp³-hybridized carbons (Fsp3) is 0.917. The molecule has 0 radical (unpaired) electrons. The lowest BCUT2D eigenvalue weighted by Crippen LogP contribution is -2.33. The molecular weight excluding hydrogens is 220 g/mol. The molecule has 0 aliphatic heterocycles. The molecule has 17 heavy (non-hydrogen) atoms. The largest absolute Gasteiger partial charge is 0.409 e. The van der Waals surface area contributed by atoms with Gasteiger partial charge in [0.25, 0.3) is 0 Å². The first kappa shape index (κ1) is 16.2. The molecule has 0 amide bonds. The molecule has 0 heterocycles. The zero-order chi connectivity index (χ0) is 13.1. The van der Waals surface area contributed by atoms with E-state index in [1.165, 1.54) is 0 Å². The average molecular weight is 246 g/mol. The van der Waals surface area contributed by atoms with Crippen LogP contribution in [-0.2, 0) is 9.47 Å². The molecule has 5 heteroatoms. The first-order valence-corrected chi connectivity index (χ1v) is 6.18. The van der Waals surface area contributed by atoms with Crippen LogP contribution in [0.25, 0.3) is 0 Å². The van der Waals surface area contributed by atoms with Gasteiger partial charge in [-0.25, -0.2) is 0 Å². The van der Waals surface area contributed by atoms with Gasteiger partial charge in [0.2, 0.25) is 0 Å². The molecule has 0 bridgehead atoms. The summed E-state index contributed by atoms with van der Waals surface area (Å²) in [5, 5.41) is 11.6. The average Bonchev–Trinajstić information content (AvgIpc) is 2.31. The molecule has 0 spiro atoms. The topological polar surface area (TPSA) is 77.1 Å². The monoisotopic (exact) mass is 246 g/mol. The lowest BCUT2D eigenvalue weighted by Gasteiger charge is -2.22. The highest BCUT2D eigenvalue weighted by atomic mass is 16.5. The van der Waals surface area contributed by atoms with Crippen LogP contribution in [0.15, 0.2) is 5.16 Å². The molecule has 0 saturated carbocycles. The predicted molar refractivity (Wildman–Crippen MR) is 68.4 cm³/mol. The number of hydrogen-bond donors (Lipinski definition) is 2. The van der Waals surface area contributed by atoms with Gasteiger partial charge in [-0.2, -0.15) is 0 Å². The first-order chi connectivity index (χ1) is 8.04. The maximum absolute atomic E-state index is 8.60. The lowest BCUT2D eigenvalue weighted by atomic mass is 9.88. The molecule has 0 saturated heterocycles. The number of amidine groups is 1. The van der Waals surface area contributed by atoms with Crippen molar-refractivity contribution in [1.29, 1.82) is 0 Å². The Morgan fingerprint density at radius 2 is 1.76 bits per heavy atom. The molecule has 0 aliphatic rings. The Morgan fingerprint density at radius 3 is 2.29 bits per heavy atom. The van der Waals surface area contributed by atoms with Crippen molar-refractivity contribution >= 4 is 5.84 Å². The number of nitrogens with two attached hydrogens (primary N) is 1. The van der Waals surface area contributed by atoms with Gasteiger partial charge in [-0.05, 0) is 12.8 Å². The maximum Gasteiger partial charge on any atom is 0.144 e. The zero-order valence-corrected chi connectivity index (χ0v) is 11.2. The molecule has 0 aromatic carbocycles. The van der Waals surface area contributed by atoms with E-state index in [0.717, 1.165) is 25.9 Å². The molecule has 0 unspecified atom stereocenters. The van der Waals surface area contributed by atoms with Crippen LogP contribution in [0.1, 0.15) is 40.0 Å².